The Bertz CT molecular complexity index is 553. The maximum Gasteiger partial charge on any atom is 0.125 e. The van der Waals surface area contributed by atoms with Crippen molar-refractivity contribution in [2.45, 2.75) is 27.1 Å². The molecule has 19 heavy (non-hydrogen) atoms. The molecule has 0 aliphatic rings. The molecule has 2 rings (SSSR count). The van der Waals surface area contributed by atoms with Crippen LogP contribution in [-0.4, -0.2) is 10.2 Å². The van der Waals surface area contributed by atoms with Gasteiger partial charge in [-0.1, -0.05) is 24.3 Å². The molecular formula is C16H18O3. The lowest BCUT2D eigenvalue weighted by atomic mass is 10.1. The number of rotatable bonds is 4. The summed E-state index contributed by atoms with van der Waals surface area (Å²) in [5, 5.41) is 18.6. The van der Waals surface area contributed by atoms with Gasteiger partial charge >= 0.3 is 0 Å². The highest BCUT2D eigenvalue weighted by Crippen LogP contribution is 2.26. The number of ether oxygens (including phenoxy) is 1. The Hall–Kier alpha value is -2.00. The van der Waals surface area contributed by atoms with Gasteiger partial charge in [-0.3, -0.25) is 0 Å². The summed E-state index contributed by atoms with van der Waals surface area (Å²) in [5.74, 6) is 1.07. The molecule has 2 aromatic rings. The second-order valence-electron chi connectivity index (χ2n) is 4.68. The van der Waals surface area contributed by atoms with Crippen LogP contribution in [0.1, 0.15) is 22.3 Å². The van der Waals surface area contributed by atoms with E-state index in [1.807, 2.05) is 32.0 Å². The summed E-state index contributed by atoms with van der Waals surface area (Å²) < 4.78 is 5.82. The smallest absolute Gasteiger partial charge is 0.125 e. The summed E-state index contributed by atoms with van der Waals surface area (Å²) in [7, 11) is 0. The summed E-state index contributed by atoms with van der Waals surface area (Å²) in [5.41, 5.74) is 3.82. The van der Waals surface area contributed by atoms with E-state index in [-0.39, 0.29) is 12.4 Å². The zero-order chi connectivity index (χ0) is 13.8. The highest BCUT2D eigenvalue weighted by molar-refractivity contribution is 5.43. The van der Waals surface area contributed by atoms with Crippen LogP contribution in [0.3, 0.4) is 0 Å². The van der Waals surface area contributed by atoms with Gasteiger partial charge in [0.1, 0.15) is 18.1 Å². The first-order valence-corrected chi connectivity index (χ1v) is 6.22. The van der Waals surface area contributed by atoms with E-state index in [9.17, 15) is 5.11 Å². The van der Waals surface area contributed by atoms with Gasteiger partial charge in [0, 0.05) is 0 Å². The molecule has 3 nitrogen and oxygen atoms in total. The van der Waals surface area contributed by atoms with Crippen molar-refractivity contribution in [3.05, 3.63) is 58.7 Å². The van der Waals surface area contributed by atoms with E-state index in [1.54, 1.807) is 18.2 Å². The molecule has 0 aliphatic carbocycles. The molecule has 0 saturated carbocycles. The first kappa shape index (κ1) is 13.4. The van der Waals surface area contributed by atoms with E-state index in [0.29, 0.717) is 6.61 Å². The monoisotopic (exact) mass is 258 g/mol. The van der Waals surface area contributed by atoms with Gasteiger partial charge in [0.15, 0.2) is 0 Å². The van der Waals surface area contributed by atoms with Gasteiger partial charge in [-0.25, -0.2) is 0 Å². The summed E-state index contributed by atoms with van der Waals surface area (Å²) in [6.07, 6.45) is 0. The van der Waals surface area contributed by atoms with E-state index in [0.717, 1.165) is 28.0 Å². The lowest BCUT2D eigenvalue weighted by molar-refractivity contribution is 0.280. The fraction of sp³-hybridized carbons (Fsp3) is 0.250. The van der Waals surface area contributed by atoms with Crippen LogP contribution in [0.2, 0.25) is 0 Å². The molecule has 0 fully saturated rings. The number of hydrogen-bond donors (Lipinski definition) is 2. The Morgan fingerprint density at radius 2 is 1.68 bits per heavy atom. The standard InChI is InChI=1S/C16H18O3/c1-11-6-14(9-17)7-12(2)16(11)19-10-13-4-3-5-15(18)8-13/h3-8,17-18H,9-10H2,1-2H3. The van der Waals surface area contributed by atoms with Crippen molar-refractivity contribution in [3.8, 4) is 11.5 Å². The third-order valence-corrected chi connectivity index (χ3v) is 3.00. The van der Waals surface area contributed by atoms with Crippen LogP contribution in [0.5, 0.6) is 11.5 Å². The minimum Gasteiger partial charge on any atom is -0.508 e. The SMILES string of the molecule is Cc1cc(CO)cc(C)c1OCc1cccc(O)c1. The van der Waals surface area contributed by atoms with Crippen molar-refractivity contribution < 1.29 is 14.9 Å². The summed E-state index contributed by atoms with van der Waals surface area (Å²) in [6, 6.07) is 10.9. The van der Waals surface area contributed by atoms with Gasteiger partial charge in [-0.2, -0.15) is 0 Å². The van der Waals surface area contributed by atoms with Crippen LogP contribution in [0.25, 0.3) is 0 Å². The fourth-order valence-electron chi connectivity index (χ4n) is 2.16. The predicted octanol–water partition coefficient (Wildman–Crippen LogP) is 3.08. The fourth-order valence-corrected chi connectivity index (χ4v) is 2.16. The molecule has 3 heteroatoms. The quantitative estimate of drug-likeness (QED) is 0.886. The van der Waals surface area contributed by atoms with Crippen molar-refractivity contribution in [1.82, 2.24) is 0 Å². The van der Waals surface area contributed by atoms with Crippen LogP contribution in [-0.2, 0) is 13.2 Å². The first-order chi connectivity index (χ1) is 9.10. The molecule has 0 spiro atoms. The number of phenolic OH excluding ortho intramolecular Hbond substituents is 1. The average Bonchev–Trinajstić information content (AvgIpc) is 2.37. The van der Waals surface area contributed by atoms with Crippen molar-refractivity contribution in [1.29, 1.82) is 0 Å². The molecule has 0 radical (unpaired) electrons. The maximum atomic E-state index is 9.40. The summed E-state index contributed by atoms with van der Waals surface area (Å²) >= 11 is 0. The second kappa shape index (κ2) is 5.76. The molecule has 100 valence electrons. The van der Waals surface area contributed by atoms with E-state index < -0.39 is 0 Å². The number of aliphatic hydroxyl groups excluding tert-OH is 1. The lowest BCUT2D eigenvalue weighted by Crippen LogP contribution is -2.00. The topological polar surface area (TPSA) is 49.7 Å². The number of aliphatic hydroxyl groups is 1. The number of hydrogen-bond acceptors (Lipinski definition) is 3. The predicted molar refractivity (Wildman–Crippen MR) is 74.3 cm³/mol. The largest absolute Gasteiger partial charge is 0.508 e. The normalized spacial score (nSPS) is 10.5. The minimum atomic E-state index is 0.0362. The highest BCUT2D eigenvalue weighted by atomic mass is 16.5. The Morgan fingerprint density at radius 3 is 2.26 bits per heavy atom. The van der Waals surface area contributed by atoms with E-state index in [1.165, 1.54) is 0 Å². The average molecular weight is 258 g/mol. The molecule has 0 bridgehead atoms. The minimum absolute atomic E-state index is 0.0362. The van der Waals surface area contributed by atoms with Gasteiger partial charge in [-0.15, -0.1) is 0 Å². The number of aryl methyl sites for hydroxylation is 2. The van der Waals surface area contributed by atoms with E-state index >= 15 is 0 Å². The number of benzene rings is 2. The van der Waals surface area contributed by atoms with Crippen LogP contribution in [0.4, 0.5) is 0 Å². The Kier molecular flexibility index (Phi) is 4.07. The first-order valence-electron chi connectivity index (χ1n) is 6.22. The molecule has 0 aliphatic heterocycles. The second-order valence-corrected chi connectivity index (χ2v) is 4.68. The van der Waals surface area contributed by atoms with Crippen LogP contribution < -0.4 is 4.74 Å². The molecule has 0 atom stereocenters. The zero-order valence-electron chi connectivity index (χ0n) is 11.2. The molecule has 0 heterocycles. The van der Waals surface area contributed by atoms with Gasteiger partial charge < -0.3 is 14.9 Å². The molecule has 2 aromatic carbocycles. The van der Waals surface area contributed by atoms with Crippen LogP contribution in [0, 0.1) is 13.8 Å². The van der Waals surface area contributed by atoms with Crippen molar-refractivity contribution in [2.75, 3.05) is 0 Å². The third kappa shape index (κ3) is 3.26. The molecule has 0 unspecified atom stereocenters. The van der Waals surface area contributed by atoms with Gasteiger partial charge in [0.25, 0.3) is 0 Å². The number of aromatic hydroxyl groups is 1. The van der Waals surface area contributed by atoms with Gasteiger partial charge in [-0.05, 0) is 48.2 Å². The zero-order valence-corrected chi connectivity index (χ0v) is 11.2. The Balaban J connectivity index is 2.16. The van der Waals surface area contributed by atoms with Gasteiger partial charge in [0.2, 0.25) is 0 Å². The number of phenols is 1. The van der Waals surface area contributed by atoms with E-state index in [4.69, 9.17) is 9.84 Å². The summed E-state index contributed by atoms with van der Waals surface area (Å²) in [4.78, 5) is 0. The Morgan fingerprint density at radius 1 is 1.00 bits per heavy atom. The van der Waals surface area contributed by atoms with Crippen molar-refractivity contribution >= 4 is 0 Å². The lowest BCUT2D eigenvalue weighted by Gasteiger charge is -2.13. The molecule has 0 amide bonds. The molecule has 0 aromatic heterocycles. The molecular weight excluding hydrogens is 240 g/mol. The highest BCUT2D eigenvalue weighted by Gasteiger charge is 2.06. The van der Waals surface area contributed by atoms with E-state index in [2.05, 4.69) is 0 Å². The van der Waals surface area contributed by atoms with Crippen LogP contribution in [0.15, 0.2) is 36.4 Å². The maximum absolute atomic E-state index is 9.40. The van der Waals surface area contributed by atoms with Crippen LogP contribution >= 0.6 is 0 Å². The van der Waals surface area contributed by atoms with Crippen molar-refractivity contribution in [3.63, 3.8) is 0 Å². The summed E-state index contributed by atoms with van der Waals surface area (Å²) in [6.45, 7) is 4.37. The van der Waals surface area contributed by atoms with Crippen molar-refractivity contribution in [2.24, 2.45) is 0 Å². The molecule has 0 saturated heterocycles. The van der Waals surface area contributed by atoms with Gasteiger partial charge in [0.05, 0.1) is 6.61 Å². The molecule has 2 N–H and O–H groups in total. The Labute approximate surface area is 113 Å². The third-order valence-electron chi connectivity index (χ3n) is 3.00.